The summed E-state index contributed by atoms with van der Waals surface area (Å²) in [7, 11) is 0. The van der Waals surface area contributed by atoms with Gasteiger partial charge in [0.2, 0.25) is 0 Å². The Bertz CT molecular complexity index is 1460. The molecule has 0 saturated carbocycles. The third-order valence-corrected chi connectivity index (χ3v) is 7.37. The fourth-order valence-electron chi connectivity index (χ4n) is 4.45. The molecular formula is C30H27FN4O3S. The van der Waals surface area contributed by atoms with Crippen molar-refractivity contribution >= 4 is 29.4 Å². The normalized spacial score (nSPS) is 13.3. The summed E-state index contributed by atoms with van der Waals surface area (Å²) >= 11 is 1.36. The van der Waals surface area contributed by atoms with Crippen molar-refractivity contribution < 1.29 is 19.1 Å². The summed E-state index contributed by atoms with van der Waals surface area (Å²) in [4.78, 5) is 33.3. The molecule has 0 bridgehead atoms. The molecule has 0 aliphatic carbocycles. The fraction of sp³-hybridized carbons (Fsp3) is 0.167. The first-order valence-corrected chi connectivity index (χ1v) is 13.5. The number of hydrogen-bond donors (Lipinski definition) is 2. The van der Waals surface area contributed by atoms with E-state index < -0.39 is 5.82 Å². The molecule has 1 saturated heterocycles. The maximum absolute atomic E-state index is 14.8. The quantitative estimate of drug-likeness (QED) is 0.315. The lowest BCUT2D eigenvalue weighted by molar-refractivity contribution is 0.0746. The number of pyridine rings is 1. The Hall–Kier alpha value is -4.37. The number of anilines is 1. The predicted molar refractivity (Wildman–Crippen MR) is 151 cm³/mol. The van der Waals surface area contributed by atoms with Crippen LogP contribution in [0.4, 0.5) is 10.1 Å². The molecule has 1 aliphatic rings. The maximum atomic E-state index is 14.8. The second-order valence-electron chi connectivity index (χ2n) is 9.16. The topological polar surface area (TPSA) is 85.8 Å². The third kappa shape index (κ3) is 6.38. The standard InChI is InChI=1S/C30H27FN4O3S/c31-28-17-23(8-11-27(28)24-16-26(36)19-32-18-24)30(38)35-14-12-34(13-15-35)25-9-6-22(7-10-25)29(37)33-39-20-21-4-2-1-3-5-21/h1-11,16-19,36H,12-15,20H2,(H,33,37). The molecular weight excluding hydrogens is 515 g/mol. The Morgan fingerprint density at radius 3 is 2.31 bits per heavy atom. The van der Waals surface area contributed by atoms with Gasteiger partial charge in [-0.15, -0.1) is 0 Å². The maximum Gasteiger partial charge on any atom is 0.261 e. The highest BCUT2D eigenvalue weighted by Crippen LogP contribution is 2.26. The number of aromatic hydroxyl groups is 1. The van der Waals surface area contributed by atoms with E-state index >= 15 is 0 Å². The van der Waals surface area contributed by atoms with Gasteiger partial charge in [-0.2, -0.15) is 0 Å². The zero-order valence-corrected chi connectivity index (χ0v) is 21.9. The van der Waals surface area contributed by atoms with E-state index in [4.69, 9.17) is 0 Å². The van der Waals surface area contributed by atoms with Crippen molar-refractivity contribution in [3.63, 3.8) is 0 Å². The fourth-order valence-corrected chi connectivity index (χ4v) is 5.13. The molecule has 0 unspecified atom stereocenters. The summed E-state index contributed by atoms with van der Waals surface area (Å²) in [6.07, 6.45) is 2.74. The molecule has 1 fully saturated rings. The highest BCUT2D eigenvalue weighted by atomic mass is 32.2. The molecule has 39 heavy (non-hydrogen) atoms. The number of amides is 2. The Morgan fingerprint density at radius 2 is 1.62 bits per heavy atom. The molecule has 0 radical (unpaired) electrons. The summed E-state index contributed by atoms with van der Waals surface area (Å²) in [6, 6.07) is 23.2. The van der Waals surface area contributed by atoms with E-state index in [0.717, 1.165) is 11.3 Å². The predicted octanol–water partition coefficient (Wildman–Crippen LogP) is 5.13. The Labute approximate surface area is 230 Å². The minimum atomic E-state index is -0.547. The van der Waals surface area contributed by atoms with Crippen molar-refractivity contribution in [3.05, 3.63) is 114 Å². The third-order valence-electron chi connectivity index (χ3n) is 6.56. The number of nitrogens with zero attached hydrogens (tertiary/aromatic N) is 3. The summed E-state index contributed by atoms with van der Waals surface area (Å²) < 4.78 is 17.7. The smallest absolute Gasteiger partial charge is 0.261 e. The molecule has 0 atom stereocenters. The summed E-state index contributed by atoms with van der Waals surface area (Å²) in [5.74, 6) is -0.278. The first-order valence-electron chi connectivity index (χ1n) is 12.5. The number of carbonyl (C=O) groups excluding carboxylic acids is 2. The zero-order chi connectivity index (χ0) is 27.2. The van der Waals surface area contributed by atoms with Crippen molar-refractivity contribution in [2.75, 3.05) is 31.1 Å². The molecule has 7 nitrogen and oxygen atoms in total. The van der Waals surface area contributed by atoms with Crippen LogP contribution in [0.25, 0.3) is 11.1 Å². The van der Waals surface area contributed by atoms with Gasteiger partial charge in [-0.3, -0.25) is 19.3 Å². The van der Waals surface area contributed by atoms with E-state index in [9.17, 15) is 19.1 Å². The van der Waals surface area contributed by atoms with E-state index in [1.54, 1.807) is 23.1 Å². The van der Waals surface area contributed by atoms with Gasteiger partial charge in [-0.25, -0.2) is 4.39 Å². The Morgan fingerprint density at radius 1 is 0.897 bits per heavy atom. The number of piperazine rings is 1. The van der Waals surface area contributed by atoms with E-state index in [1.165, 1.54) is 42.5 Å². The number of rotatable bonds is 7. The van der Waals surface area contributed by atoms with Crippen LogP contribution in [-0.4, -0.2) is 53.0 Å². The molecule has 0 spiro atoms. The molecule has 2 heterocycles. The first-order chi connectivity index (χ1) is 19.0. The average molecular weight is 543 g/mol. The molecule has 1 aromatic heterocycles. The Kier molecular flexibility index (Phi) is 8.07. The van der Waals surface area contributed by atoms with Gasteiger partial charge in [0, 0.05) is 66.1 Å². The number of hydrogen-bond acceptors (Lipinski definition) is 6. The second-order valence-corrected chi connectivity index (χ2v) is 9.94. The van der Waals surface area contributed by atoms with E-state index in [0.29, 0.717) is 43.1 Å². The number of aromatic nitrogens is 1. The van der Waals surface area contributed by atoms with Crippen molar-refractivity contribution in [3.8, 4) is 16.9 Å². The van der Waals surface area contributed by atoms with Gasteiger partial charge in [-0.1, -0.05) is 36.4 Å². The minimum Gasteiger partial charge on any atom is -0.506 e. The number of halogens is 1. The molecule has 198 valence electrons. The van der Waals surface area contributed by atoms with Gasteiger partial charge < -0.3 is 14.9 Å². The van der Waals surface area contributed by atoms with Gasteiger partial charge in [0.05, 0.1) is 6.20 Å². The zero-order valence-electron chi connectivity index (χ0n) is 21.1. The monoisotopic (exact) mass is 542 g/mol. The van der Waals surface area contributed by atoms with Gasteiger partial charge in [0.15, 0.2) is 0 Å². The SMILES string of the molecule is O=C(NSCc1ccccc1)c1ccc(N2CCN(C(=O)c3ccc(-c4cncc(O)c4)c(F)c3)CC2)cc1. The van der Waals surface area contributed by atoms with Crippen LogP contribution in [0.2, 0.25) is 0 Å². The number of carbonyl (C=O) groups is 2. The van der Waals surface area contributed by atoms with Crippen molar-refractivity contribution in [1.29, 1.82) is 0 Å². The first kappa shape index (κ1) is 26.2. The molecule has 1 aliphatic heterocycles. The second kappa shape index (κ2) is 12.0. The number of nitrogens with one attached hydrogen (secondary N) is 1. The van der Waals surface area contributed by atoms with Crippen LogP contribution in [0.5, 0.6) is 5.75 Å². The lowest BCUT2D eigenvalue weighted by Crippen LogP contribution is -2.48. The van der Waals surface area contributed by atoms with E-state index in [1.807, 2.05) is 42.5 Å². The van der Waals surface area contributed by atoms with E-state index in [-0.39, 0.29) is 28.7 Å². The van der Waals surface area contributed by atoms with Crippen LogP contribution in [0.15, 0.2) is 91.3 Å². The molecule has 9 heteroatoms. The Balaban J connectivity index is 1.13. The molecule has 3 aromatic carbocycles. The van der Waals surface area contributed by atoms with Crippen LogP contribution < -0.4 is 9.62 Å². The van der Waals surface area contributed by atoms with Gasteiger partial charge in [0.25, 0.3) is 11.8 Å². The summed E-state index contributed by atoms with van der Waals surface area (Å²) in [5.41, 5.74) is 3.69. The van der Waals surface area contributed by atoms with Crippen LogP contribution >= 0.6 is 11.9 Å². The van der Waals surface area contributed by atoms with Gasteiger partial charge in [0.1, 0.15) is 11.6 Å². The molecule has 5 rings (SSSR count). The van der Waals surface area contributed by atoms with Crippen molar-refractivity contribution in [1.82, 2.24) is 14.6 Å². The van der Waals surface area contributed by atoms with Crippen LogP contribution in [-0.2, 0) is 5.75 Å². The number of benzene rings is 3. The lowest BCUT2D eigenvalue weighted by Gasteiger charge is -2.36. The molecule has 2 N–H and O–H groups in total. The van der Waals surface area contributed by atoms with Crippen molar-refractivity contribution in [2.24, 2.45) is 0 Å². The van der Waals surface area contributed by atoms with Crippen LogP contribution in [0.1, 0.15) is 26.3 Å². The van der Waals surface area contributed by atoms with Crippen LogP contribution in [0, 0.1) is 5.82 Å². The van der Waals surface area contributed by atoms with E-state index in [2.05, 4.69) is 14.6 Å². The van der Waals surface area contributed by atoms with Crippen LogP contribution in [0.3, 0.4) is 0 Å². The van der Waals surface area contributed by atoms with Gasteiger partial charge in [-0.05, 0) is 60.0 Å². The molecule has 4 aromatic rings. The summed E-state index contributed by atoms with van der Waals surface area (Å²) in [5, 5.41) is 9.62. The average Bonchev–Trinajstić information content (AvgIpc) is 2.97. The van der Waals surface area contributed by atoms with Crippen molar-refractivity contribution in [2.45, 2.75) is 5.75 Å². The highest BCUT2D eigenvalue weighted by molar-refractivity contribution is 7.97. The van der Waals surface area contributed by atoms with Gasteiger partial charge >= 0.3 is 0 Å². The molecule has 2 amide bonds. The largest absolute Gasteiger partial charge is 0.506 e. The lowest BCUT2D eigenvalue weighted by atomic mass is 10.0. The highest BCUT2D eigenvalue weighted by Gasteiger charge is 2.23. The summed E-state index contributed by atoms with van der Waals surface area (Å²) in [6.45, 7) is 2.24. The minimum absolute atomic E-state index is 0.0549.